The number of nitrogens with zero attached hydrogens (tertiary/aromatic N) is 2. The minimum absolute atomic E-state index is 0.0249. The maximum Gasteiger partial charge on any atom is 0.259 e. The number of aryl methyl sites for hydroxylation is 2. The minimum Gasteiger partial charge on any atom is -0.361 e. The fourth-order valence-corrected chi connectivity index (χ4v) is 2.59. The summed E-state index contributed by atoms with van der Waals surface area (Å²) in [5, 5.41) is 3.85. The van der Waals surface area contributed by atoms with Crippen LogP contribution in [-0.4, -0.2) is 35.1 Å². The third-order valence-corrected chi connectivity index (χ3v) is 3.82. The van der Waals surface area contributed by atoms with Crippen molar-refractivity contribution in [3.63, 3.8) is 0 Å². The molecule has 0 bridgehead atoms. The van der Waals surface area contributed by atoms with Gasteiger partial charge in [-0.3, -0.25) is 4.79 Å². The van der Waals surface area contributed by atoms with E-state index in [-0.39, 0.29) is 11.9 Å². The molecule has 0 spiro atoms. The van der Waals surface area contributed by atoms with Gasteiger partial charge in [-0.25, -0.2) is 0 Å². The van der Waals surface area contributed by atoms with E-state index in [0.717, 1.165) is 19.4 Å². The second-order valence-corrected chi connectivity index (χ2v) is 5.18. The maximum absolute atomic E-state index is 12.6. The summed E-state index contributed by atoms with van der Waals surface area (Å²) in [7, 11) is 0. The molecule has 2 unspecified atom stereocenters. The number of hydrogen-bond acceptors (Lipinski definition) is 4. The van der Waals surface area contributed by atoms with Gasteiger partial charge in [0.05, 0.1) is 5.69 Å². The molecule has 1 aliphatic heterocycles. The molecule has 2 atom stereocenters. The summed E-state index contributed by atoms with van der Waals surface area (Å²) in [5.74, 6) is 1.03. The van der Waals surface area contributed by atoms with Crippen molar-refractivity contribution >= 4 is 5.91 Å². The van der Waals surface area contributed by atoms with Gasteiger partial charge in [-0.05, 0) is 46.1 Å². The average Bonchev–Trinajstić information content (AvgIpc) is 2.69. The van der Waals surface area contributed by atoms with Gasteiger partial charge in [-0.15, -0.1) is 0 Å². The Morgan fingerprint density at radius 2 is 2.22 bits per heavy atom. The summed E-state index contributed by atoms with van der Waals surface area (Å²) < 4.78 is 5.07. The molecule has 1 aliphatic rings. The first kappa shape index (κ1) is 13.1. The minimum atomic E-state index is 0.0249. The van der Waals surface area contributed by atoms with Crippen molar-refractivity contribution in [3.8, 4) is 0 Å². The quantitative estimate of drug-likeness (QED) is 0.864. The van der Waals surface area contributed by atoms with Crippen molar-refractivity contribution in [2.45, 2.75) is 39.7 Å². The fraction of sp³-hybridized carbons (Fsp3) is 0.692. The molecule has 1 aromatic heterocycles. The van der Waals surface area contributed by atoms with Crippen molar-refractivity contribution in [1.29, 1.82) is 0 Å². The van der Waals surface area contributed by atoms with E-state index < -0.39 is 0 Å². The van der Waals surface area contributed by atoms with Crippen LogP contribution in [0.5, 0.6) is 0 Å². The molecule has 1 saturated heterocycles. The van der Waals surface area contributed by atoms with E-state index >= 15 is 0 Å². The van der Waals surface area contributed by atoms with Crippen molar-refractivity contribution in [3.05, 3.63) is 17.0 Å². The zero-order valence-electron chi connectivity index (χ0n) is 11.3. The van der Waals surface area contributed by atoms with Crippen molar-refractivity contribution in [1.82, 2.24) is 10.1 Å². The lowest BCUT2D eigenvalue weighted by Crippen LogP contribution is -2.47. The van der Waals surface area contributed by atoms with E-state index in [9.17, 15) is 4.79 Å². The molecule has 18 heavy (non-hydrogen) atoms. The molecule has 0 radical (unpaired) electrons. The Labute approximate surface area is 107 Å². The molecule has 1 aromatic rings. The molecular formula is C13H21N3O2. The molecule has 1 amide bonds. The Bertz CT molecular complexity index is 422. The predicted octanol–water partition coefficient (Wildman–Crippen LogP) is 1.49. The highest BCUT2D eigenvalue weighted by Crippen LogP contribution is 2.25. The SMILES string of the molecule is Cc1noc(C)c1C(=O)N1CC(CN)CCC1C. The fourth-order valence-electron chi connectivity index (χ4n) is 2.59. The topological polar surface area (TPSA) is 72.4 Å². The molecule has 2 N–H and O–H groups in total. The third kappa shape index (κ3) is 2.27. The smallest absolute Gasteiger partial charge is 0.259 e. The molecule has 2 heterocycles. The first-order valence-electron chi connectivity index (χ1n) is 6.48. The maximum atomic E-state index is 12.6. The summed E-state index contributed by atoms with van der Waals surface area (Å²) in [6.07, 6.45) is 2.11. The van der Waals surface area contributed by atoms with Gasteiger partial charge in [0.2, 0.25) is 0 Å². The molecule has 5 heteroatoms. The van der Waals surface area contributed by atoms with Crippen LogP contribution >= 0.6 is 0 Å². The predicted molar refractivity (Wildman–Crippen MR) is 68.3 cm³/mol. The number of aromatic nitrogens is 1. The standard InChI is InChI=1S/C13H21N3O2/c1-8-4-5-11(6-14)7-16(8)13(17)12-9(2)15-18-10(12)3/h8,11H,4-7,14H2,1-3H3. The van der Waals surface area contributed by atoms with E-state index in [1.54, 1.807) is 13.8 Å². The van der Waals surface area contributed by atoms with Crippen molar-refractivity contribution in [2.24, 2.45) is 11.7 Å². The van der Waals surface area contributed by atoms with Gasteiger partial charge in [0.25, 0.3) is 5.91 Å². The van der Waals surface area contributed by atoms with Crippen LogP contribution in [0.15, 0.2) is 4.52 Å². The van der Waals surface area contributed by atoms with Crippen LogP contribution in [0, 0.1) is 19.8 Å². The molecule has 0 aromatic carbocycles. The second-order valence-electron chi connectivity index (χ2n) is 5.18. The Morgan fingerprint density at radius 1 is 1.50 bits per heavy atom. The largest absolute Gasteiger partial charge is 0.361 e. The van der Waals surface area contributed by atoms with Crippen LogP contribution in [0.4, 0.5) is 0 Å². The number of likely N-dealkylation sites (tertiary alicyclic amines) is 1. The van der Waals surface area contributed by atoms with Gasteiger partial charge < -0.3 is 15.2 Å². The zero-order chi connectivity index (χ0) is 13.3. The molecule has 0 saturated carbocycles. The highest BCUT2D eigenvalue weighted by Gasteiger charge is 2.31. The highest BCUT2D eigenvalue weighted by molar-refractivity contribution is 5.96. The molecule has 2 rings (SSSR count). The highest BCUT2D eigenvalue weighted by atomic mass is 16.5. The monoisotopic (exact) mass is 251 g/mol. The van der Waals surface area contributed by atoms with E-state index in [4.69, 9.17) is 10.3 Å². The van der Waals surface area contributed by atoms with Crippen LogP contribution in [0.3, 0.4) is 0 Å². The van der Waals surface area contributed by atoms with Crippen molar-refractivity contribution < 1.29 is 9.32 Å². The lowest BCUT2D eigenvalue weighted by atomic mass is 9.93. The summed E-state index contributed by atoms with van der Waals surface area (Å²) in [6, 6.07) is 0.258. The van der Waals surface area contributed by atoms with E-state index in [2.05, 4.69) is 12.1 Å². The van der Waals surface area contributed by atoms with Gasteiger partial charge in [-0.1, -0.05) is 5.16 Å². The van der Waals surface area contributed by atoms with Crippen LogP contribution in [0.1, 0.15) is 41.6 Å². The third-order valence-electron chi connectivity index (χ3n) is 3.82. The number of nitrogens with two attached hydrogens (primary N) is 1. The molecule has 0 aliphatic carbocycles. The van der Waals surface area contributed by atoms with Crippen LogP contribution in [0.2, 0.25) is 0 Å². The van der Waals surface area contributed by atoms with Gasteiger partial charge in [0, 0.05) is 12.6 Å². The van der Waals surface area contributed by atoms with E-state index in [0.29, 0.717) is 29.5 Å². The number of rotatable bonds is 2. The summed E-state index contributed by atoms with van der Waals surface area (Å²) in [6.45, 7) is 7.04. The van der Waals surface area contributed by atoms with Crippen LogP contribution in [0.25, 0.3) is 0 Å². The van der Waals surface area contributed by atoms with Gasteiger partial charge >= 0.3 is 0 Å². The molecule has 5 nitrogen and oxygen atoms in total. The number of carbonyl (C=O) groups is 1. The summed E-state index contributed by atoms with van der Waals surface area (Å²) >= 11 is 0. The molecule has 100 valence electrons. The Morgan fingerprint density at radius 3 is 2.78 bits per heavy atom. The first-order chi connectivity index (χ1) is 8.54. The lowest BCUT2D eigenvalue weighted by molar-refractivity contribution is 0.0564. The number of hydrogen-bond donors (Lipinski definition) is 1. The molecule has 1 fully saturated rings. The normalized spacial score (nSPS) is 24.3. The Balaban J connectivity index is 2.22. The van der Waals surface area contributed by atoms with Crippen molar-refractivity contribution in [2.75, 3.05) is 13.1 Å². The number of piperidine rings is 1. The summed E-state index contributed by atoms with van der Waals surface area (Å²) in [5.41, 5.74) is 7.00. The Hall–Kier alpha value is -1.36. The van der Waals surface area contributed by atoms with Crippen LogP contribution < -0.4 is 5.73 Å². The van der Waals surface area contributed by atoms with E-state index in [1.807, 2.05) is 4.90 Å². The van der Waals surface area contributed by atoms with Gasteiger partial charge in [0.1, 0.15) is 11.3 Å². The average molecular weight is 251 g/mol. The zero-order valence-corrected chi connectivity index (χ0v) is 11.3. The molecular weight excluding hydrogens is 230 g/mol. The summed E-state index contributed by atoms with van der Waals surface area (Å²) in [4.78, 5) is 14.5. The first-order valence-corrected chi connectivity index (χ1v) is 6.48. The van der Waals surface area contributed by atoms with Crippen LogP contribution in [-0.2, 0) is 0 Å². The Kier molecular flexibility index (Phi) is 3.71. The number of carbonyl (C=O) groups excluding carboxylic acids is 1. The second kappa shape index (κ2) is 5.10. The lowest BCUT2D eigenvalue weighted by Gasteiger charge is -2.37. The van der Waals surface area contributed by atoms with E-state index in [1.165, 1.54) is 0 Å². The van der Waals surface area contributed by atoms with Gasteiger partial charge in [0.15, 0.2) is 0 Å². The number of amides is 1. The van der Waals surface area contributed by atoms with Gasteiger partial charge in [-0.2, -0.15) is 0 Å².